The molecule has 0 aliphatic heterocycles. The first-order valence-corrected chi connectivity index (χ1v) is 9.16. The van der Waals surface area contributed by atoms with Crippen LogP contribution in [0.5, 0.6) is 5.75 Å². The van der Waals surface area contributed by atoms with Gasteiger partial charge in [0.2, 0.25) is 0 Å². The predicted octanol–water partition coefficient (Wildman–Crippen LogP) is 2.73. The molecule has 0 unspecified atom stereocenters. The second-order valence-corrected chi connectivity index (χ2v) is 6.65. The number of ether oxygens (including phenoxy) is 1. The van der Waals surface area contributed by atoms with E-state index in [4.69, 9.17) is 4.74 Å². The fourth-order valence-electron chi connectivity index (χ4n) is 2.52. The van der Waals surface area contributed by atoms with Crippen LogP contribution in [0.2, 0.25) is 0 Å². The van der Waals surface area contributed by atoms with Crippen LogP contribution >= 0.6 is 11.8 Å². The lowest BCUT2D eigenvalue weighted by atomic mass is 10.2. The van der Waals surface area contributed by atoms with Gasteiger partial charge in [0.05, 0.1) is 35.0 Å². The number of aryl methyl sites for hydroxylation is 1. The topological polar surface area (TPSA) is 112 Å². The number of hydrogen-bond donors (Lipinski definition) is 1. The highest BCUT2D eigenvalue weighted by atomic mass is 32.2. The van der Waals surface area contributed by atoms with Gasteiger partial charge in [0.25, 0.3) is 5.91 Å². The van der Waals surface area contributed by atoms with Crippen LogP contribution in [0.4, 0.5) is 5.69 Å². The quantitative estimate of drug-likeness (QED) is 0.283. The summed E-state index contributed by atoms with van der Waals surface area (Å²) in [6.45, 7) is 0. The zero-order valence-corrected chi connectivity index (χ0v) is 16.0. The summed E-state index contributed by atoms with van der Waals surface area (Å²) in [6, 6.07) is 12.1. The number of hydrogen-bond acceptors (Lipinski definition) is 7. The summed E-state index contributed by atoms with van der Waals surface area (Å²) in [5.41, 5.74) is 4.56. The molecule has 10 heteroatoms. The van der Waals surface area contributed by atoms with Crippen molar-refractivity contribution >= 4 is 40.6 Å². The van der Waals surface area contributed by atoms with Crippen molar-refractivity contribution < 1.29 is 14.5 Å². The molecular weight excluding hydrogens is 382 g/mol. The minimum atomic E-state index is -0.539. The van der Waals surface area contributed by atoms with Crippen LogP contribution in [-0.2, 0) is 11.8 Å². The number of nitrogens with zero attached hydrogens (tertiary/aromatic N) is 4. The van der Waals surface area contributed by atoms with Gasteiger partial charge in [-0.1, -0.05) is 23.9 Å². The Hall–Kier alpha value is -3.40. The van der Waals surface area contributed by atoms with Gasteiger partial charge >= 0.3 is 5.69 Å². The zero-order chi connectivity index (χ0) is 20.1. The molecule has 0 aliphatic carbocycles. The van der Waals surface area contributed by atoms with Gasteiger partial charge in [-0.25, -0.2) is 10.4 Å². The van der Waals surface area contributed by atoms with Gasteiger partial charge in [-0.2, -0.15) is 5.10 Å². The van der Waals surface area contributed by atoms with Gasteiger partial charge < -0.3 is 9.30 Å². The molecule has 0 radical (unpaired) electrons. The smallest absolute Gasteiger partial charge is 0.311 e. The number of hydrazone groups is 1. The highest BCUT2D eigenvalue weighted by molar-refractivity contribution is 7.99. The van der Waals surface area contributed by atoms with E-state index >= 15 is 0 Å². The molecule has 0 saturated heterocycles. The van der Waals surface area contributed by atoms with Gasteiger partial charge in [0.1, 0.15) is 0 Å². The van der Waals surface area contributed by atoms with Crippen molar-refractivity contribution in [3.8, 4) is 5.75 Å². The first-order chi connectivity index (χ1) is 13.5. The Morgan fingerprint density at radius 2 is 2.18 bits per heavy atom. The molecule has 144 valence electrons. The lowest BCUT2D eigenvalue weighted by molar-refractivity contribution is -0.385. The molecule has 0 bridgehead atoms. The van der Waals surface area contributed by atoms with Crippen LogP contribution in [0.3, 0.4) is 0 Å². The number of imidazole rings is 1. The van der Waals surface area contributed by atoms with E-state index in [9.17, 15) is 14.9 Å². The normalized spacial score (nSPS) is 11.1. The monoisotopic (exact) mass is 399 g/mol. The molecule has 2 aromatic carbocycles. The molecule has 0 saturated carbocycles. The average molecular weight is 399 g/mol. The van der Waals surface area contributed by atoms with Crippen molar-refractivity contribution in [1.29, 1.82) is 0 Å². The summed E-state index contributed by atoms with van der Waals surface area (Å²) in [4.78, 5) is 27.0. The van der Waals surface area contributed by atoms with Crippen LogP contribution in [0.25, 0.3) is 11.0 Å². The summed E-state index contributed by atoms with van der Waals surface area (Å²) in [7, 11) is 3.25. The summed E-state index contributed by atoms with van der Waals surface area (Å²) in [5, 5.41) is 15.6. The molecule has 0 spiro atoms. The van der Waals surface area contributed by atoms with E-state index in [1.165, 1.54) is 37.2 Å². The number of amides is 1. The summed E-state index contributed by atoms with van der Waals surface area (Å²) in [5.74, 6) is -0.0153. The van der Waals surface area contributed by atoms with Gasteiger partial charge in [0, 0.05) is 18.7 Å². The summed E-state index contributed by atoms with van der Waals surface area (Å²) >= 11 is 1.30. The Balaban J connectivity index is 1.59. The first kappa shape index (κ1) is 19.4. The number of carbonyl (C=O) groups is 1. The summed E-state index contributed by atoms with van der Waals surface area (Å²) < 4.78 is 6.87. The van der Waals surface area contributed by atoms with E-state index in [1.54, 1.807) is 6.07 Å². The summed E-state index contributed by atoms with van der Waals surface area (Å²) in [6.07, 6.45) is 1.34. The number of para-hydroxylation sites is 2. The molecule has 9 nitrogen and oxygen atoms in total. The molecule has 1 heterocycles. The van der Waals surface area contributed by atoms with Crippen molar-refractivity contribution in [2.75, 3.05) is 12.9 Å². The second-order valence-electron chi connectivity index (χ2n) is 5.71. The van der Waals surface area contributed by atoms with Crippen LogP contribution < -0.4 is 10.2 Å². The van der Waals surface area contributed by atoms with E-state index in [1.807, 2.05) is 35.9 Å². The lowest BCUT2D eigenvalue weighted by Crippen LogP contribution is -2.19. The number of fused-ring (bicyclic) bond motifs is 1. The largest absolute Gasteiger partial charge is 0.490 e. The molecule has 3 rings (SSSR count). The molecule has 1 aromatic heterocycles. The Morgan fingerprint density at radius 1 is 1.39 bits per heavy atom. The number of nitrogens with one attached hydrogen (secondary N) is 1. The minimum Gasteiger partial charge on any atom is -0.490 e. The van der Waals surface area contributed by atoms with Crippen LogP contribution in [0.1, 0.15) is 5.56 Å². The van der Waals surface area contributed by atoms with E-state index in [0.29, 0.717) is 5.56 Å². The van der Waals surface area contributed by atoms with E-state index < -0.39 is 4.92 Å². The van der Waals surface area contributed by atoms with Gasteiger partial charge in [-0.15, -0.1) is 0 Å². The number of thioether (sulfide) groups is 1. The molecule has 0 fully saturated rings. The van der Waals surface area contributed by atoms with E-state index in [2.05, 4.69) is 15.5 Å². The number of rotatable bonds is 7. The van der Waals surface area contributed by atoms with Crippen LogP contribution in [0.15, 0.2) is 52.7 Å². The van der Waals surface area contributed by atoms with Crippen molar-refractivity contribution in [3.05, 3.63) is 58.1 Å². The molecular formula is C18H17N5O4S. The number of benzene rings is 2. The number of aromatic nitrogens is 2. The lowest BCUT2D eigenvalue weighted by Gasteiger charge is -2.03. The van der Waals surface area contributed by atoms with Crippen molar-refractivity contribution in [2.45, 2.75) is 5.16 Å². The number of carbonyl (C=O) groups excluding carboxylic acids is 1. The standard InChI is InChI=1S/C18H17N5O4S/c1-22-14-6-4-3-5-13(14)20-18(22)28-11-17(24)21-19-10-12-7-8-16(27-2)15(9-12)23(25)26/h3-10H,11H2,1-2H3,(H,21,24)/b19-10-. The highest BCUT2D eigenvalue weighted by Crippen LogP contribution is 2.27. The third kappa shape index (κ3) is 4.29. The first-order valence-electron chi connectivity index (χ1n) is 8.18. The Labute approximate surface area is 164 Å². The third-order valence-electron chi connectivity index (χ3n) is 3.88. The van der Waals surface area contributed by atoms with Crippen LogP contribution in [-0.4, -0.2) is 39.5 Å². The SMILES string of the molecule is COc1ccc(/C=N\NC(=O)CSc2nc3ccccc3n2C)cc1[N+](=O)[O-]. The number of methoxy groups -OCH3 is 1. The molecule has 0 aliphatic rings. The molecule has 3 aromatic rings. The number of nitro groups is 1. The predicted molar refractivity (Wildman–Crippen MR) is 107 cm³/mol. The number of nitro benzene ring substituents is 1. The molecule has 0 atom stereocenters. The van der Waals surface area contributed by atoms with Gasteiger partial charge in [-0.05, 0) is 24.3 Å². The Morgan fingerprint density at radius 3 is 2.89 bits per heavy atom. The maximum atomic E-state index is 12.0. The van der Waals surface area contributed by atoms with E-state index in [-0.39, 0.29) is 23.1 Å². The Bertz CT molecular complexity index is 1060. The van der Waals surface area contributed by atoms with Gasteiger partial charge in [0.15, 0.2) is 10.9 Å². The van der Waals surface area contributed by atoms with Gasteiger partial charge in [-0.3, -0.25) is 14.9 Å². The van der Waals surface area contributed by atoms with Crippen molar-refractivity contribution in [2.24, 2.45) is 12.1 Å². The molecule has 28 heavy (non-hydrogen) atoms. The maximum absolute atomic E-state index is 12.0. The zero-order valence-electron chi connectivity index (χ0n) is 15.2. The Kier molecular flexibility index (Phi) is 5.90. The second kappa shape index (κ2) is 8.53. The fourth-order valence-corrected chi connectivity index (χ4v) is 3.30. The van der Waals surface area contributed by atoms with Crippen LogP contribution in [0, 0.1) is 10.1 Å². The van der Waals surface area contributed by atoms with Crippen molar-refractivity contribution in [1.82, 2.24) is 15.0 Å². The molecule has 1 amide bonds. The average Bonchev–Trinajstić information content (AvgIpc) is 3.02. The van der Waals surface area contributed by atoms with E-state index in [0.717, 1.165) is 16.2 Å². The molecule has 1 N–H and O–H groups in total. The maximum Gasteiger partial charge on any atom is 0.311 e. The minimum absolute atomic E-state index is 0.136. The van der Waals surface area contributed by atoms with Crippen molar-refractivity contribution in [3.63, 3.8) is 0 Å². The highest BCUT2D eigenvalue weighted by Gasteiger charge is 2.14. The fraction of sp³-hybridized carbons (Fsp3) is 0.167. The third-order valence-corrected chi connectivity index (χ3v) is 4.91.